The fourth-order valence-corrected chi connectivity index (χ4v) is 6.37. The lowest BCUT2D eigenvalue weighted by Gasteiger charge is -2.13. The van der Waals surface area contributed by atoms with E-state index in [0.717, 1.165) is 37.0 Å². The number of hydrogen-bond acceptors (Lipinski definition) is 8. The molecule has 0 saturated heterocycles. The van der Waals surface area contributed by atoms with Crippen LogP contribution in [0.2, 0.25) is 0 Å². The van der Waals surface area contributed by atoms with E-state index in [1.165, 1.54) is 11.3 Å². The van der Waals surface area contributed by atoms with Gasteiger partial charge >= 0.3 is 0 Å². The van der Waals surface area contributed by atoms with Crippen LogP contribution in [0.5, 0.6) is 5.75 Å². The van der Waals surface area contributed by atoms with Crippen LogP contribution in [0.3, 0.4) is 0 Å². The minimum atomic E-state index is 0.237. The fraction of sp³-hybridized carbons (Fsp3) is 0.0400. The zero-order valence-corrected chi connectivity index (χ0v) is 20.0. The molecule has 0 unspecified atom stereocenters. The van der Waals surface area contributed by atoms with Crippen LogP contribution in [0.25, 0.3) is 43.5 Å². The molecule has 0 aliphatic carbocycles. The normalized spacial score (nSPS) is 12.3. The summed E-state index contributed by atoms with van der Waals surface area (Å²) in [6.45, 7) is 0. The minimum Gasteiger partial charge on any atom is -0.497 e. The summed E-state index contributed by atoms with van der Waals surface area (Å²) in [6.07, 6.45) is 0. The number of fused-ring (bicyclic) bond motifs is 7. The van der Waals surface area contributed by atoms with Crippen molar-refractivity contribution in [2.45, 2.75) is 9.79 Å². The van der Waals surface area contributed by atoms with Crippen LogP contribution in [0.15, 0.2) is 76.5 Å². The highest BCUT2D eigenvalue weighted by molar-refractivity contribution is 7.99. The molecule has 3 N–H and O–H groups in total. The molecule has 0 spiro atoms. The zero-order chi connectivity index (χ0) is 23.7. The number of nitrogens with two attached hydrogens (primary N) is 1. The van der Waals surface area contributed by atoms with E-state index in [2.05, 4.69) is 12.1 Å². The minimum absolute atomic E-state index is 0.237. The Morgan fingerprint density at radius 2 is 1.77 bits per heavy atom. The molecule has 6 aromatic rings. The lowest BCUT2D eigenvalue weighted by atomic mass is 10.2. The largest absolute Gasteiger partial charge is 0.497 e. The molecule has 0 bridgehead atoms. The summed E-state index contributed by atoms with van der Waals surface area (Å²) in [5.74, 6) is 1.76. The molecule has 0 radical (unpaired) electrons. The molecule has 1 aliphatic heterocycles. The van der Waals surface area contributed by atoms with Gasteiger partial charge in [0.2, 0.25) is 5.13 Å². The Balaban J connectivity index is 1.53. The number of nitrogens with zero attached hydrogens (tertiary/aromatic N) is 5. The maximum Gasteiger partial charge on any atom is 0.213 e. The average molecular weight is 496 g/mol. The summed E-state index contributed by atoms with van der Waals surface area (Å²) in [7, 11) is 1.64. The van der Waals surface area contributed by atoms with E-state index in [1.54, 1.807) is 23.6 Å². The summed E-state index contributed by atoms with van der Waals surface area (Å²) in [5.41, 5.74) is 9.92. The van der Waals surface area contributed by atoms with Crippen molar-refractivity contribution in [2.75, 3.05) is 12.8 Å². The molecule has 8 nitrogen and oxygen atoms in total. The van der Waals surface area contributed by atoms with Gasteiger partial charge in [0.1, 0.15) is 28.3 Å². The second-order valence-electron chi connectivity index (χ2n) is 8.01. The summed E-state index contributed by atoms with van der Waals surface area (Å²) >= 11 is 3.13. The molecule has 10 heteroatoms. The third kappa shape index (κ3) is 2.93. The number of para-hydroxylation sites is 1. The summed E-state index contributed by atoms with van der Waals surface area (Å²) in [6, 6.07) is 21.9. The van der Waals surface area contributed by atoms with Crippen LogP contribution in [-0.2, 0) is 0 Å². The summed E-state index contributed by atoms with van der Waals surface area (Å²) < 4.78 is 9.75. The summed E-state index contributed by atoms with van der Waals surface area (Å²) in [5, 5.41) is 15.0. The second kappa shape index (κ2) is 7.42. The standard InChI is InChI=1S/C25H17N7OS2/c1-33-13-10-11-15-19(12-13)35-25(28-15)32-22(27)20-21(26)31-16-7-3-5-9-18(16)34-17-8-4-2-6-14(17)24(31)29-23(20)30-32/h2-12,26H,27H2,1H3. The molecule has 3 aromatic heterocycles. The van der Waals surface area contributed by atoms with Crippen LogP contribution in [0.4, 0.5) is 5.82 Å². The summed E-state index contributed by atoms with van der Waals surface area (Å²) in [4.78, 5) is 11.8. The molecule has 0 fully saturated rings. The van der Waals surface area contributed by atoms with Crippen molar-refractivity contribution in [2.24, 2.45) is 0 Å². The first-order chi connectivity index (χ1) is 17.1. The predicted octanol–water partition coefficient (Wildman–Crippen LogP) is 5.02. The second-order valence-corrected chi connectivity index (χ2v) is 10.1. The highest BCUT2D eigenvalue weighted by atomic mass is 32.2. The van der Waals surface area contributed by atoms with Gasteiger partial charge < -0.3 is 10.5 Å². The van der Waals surface area contributed by atoms with E-state index in [1.807, 2.05) is 59.2 Å². The maximum atomic E-state index is 9.21. The Bertz CT molecular complexity index is 1870. The monoisotopic (exact) mass is 495 g/mol. The number of hydrogen-bond donors (Lipinski definition) is 2. The van der Waals surface area contributed by atoms with E-state index in [-0.39, 0.29) is 5.49 Å². The van der Waals surface area contributed by atoms with Gasteiger partial charge in [-0.3, -0.25) is 9.98 Å². The number of methoxy groups -OCH3 is 1. The average Bonchev–Trinajstić information content (AvgIpc) is 3.40. The van der Waals surface area contributed by atoms with Crippen LogP contribution in [-0.4, -0.2) is 31.4 Å². The molecule has 4 heterocycles. The van der Waals surface area contributed by atoms with Gasteiger partial charge in [-0.1, -0.05) is 53.4 Å². The number of rotatable bonds is 2. The van der Waals surface area contributed by atoms with E-state index in [9.17, 15) is 5.41 Å². The van der Waals surface area contributed by atoms with Crippen molar-refractivity contribution in [3.8, 4) is 28.0 Å². The molecular formula is C25H17N7OS2. The van der Waals surface area contributed by atoms with E-state index >= 15 is 0 Å². The molecule has 0 amide bonds. The Kier molecular flexibility index (Phi) is 4.29. The molecule has 35 heavy (non-hydrogen) atoms. The SMILES string of the molecule is COc1ccc2nc(-n3nc4nc5n(c(=N)c4c3N)-c3ccccc3Sc3ccccc3-5)sc2c1. The van der Waals surface area contributed by atoms with Crippen molar-refractivity contribution >= 4 is 50.2 Å². The van der Waals surface area contributed by atoms with Crippen molar-refractivity contribution in [3.05, 3.63) is 72.2 Å². The first-order valence-corrected chi connectivity index (χ1v) is 12.4. The number of ether oxygens (including phenoxy) is 1. The predicted molar refractivity (Wildman–Crippen MR) is 138 cm³/mol. The molecular weight excluding hydrogens is 478 g/mol. The fourth-order valence-electron chi connectivity index (χ4n) is 4.35. The van der Waals surface area contributed by atoms with Crippen molar-refractivity contribution in [1.82, 2.24) is 24.3 Å². The highest BCUT2D eigenvalue weighted by Gasteiger charge is 2.25. The molecule has 3 aromatic carbocycles. The molecule has 7 rings (SSSR count). The van der Waals surface area contributed by atoms with Crippen LogP contribution >= 0.6 is 23.1 Å². The number of nitrogen functional groups attached to an aromatic ring is 1. The van der Waals surface area contributed by atoms with E-state index in [4.69, 9.17) is 25.5 Å². The van der Waals surface area contributed by atoms with Gasteiger partial charge in [-0.25, -0.2) is 9.97 Å². The highest BCUT2D eigenvalue weighted by Crippen LogP contribution is 2.42. The lowest BCUT2D eigenvalue weighted by molar-refractivity contribution is 0.415. The number of benzene rings is 3. The molecule has 0 saturated carbocycles. The molecule has 0 atom stereocenters. The Morgan fingerprint density at radius 1 is 0.971 bits per heavy atom. The third-order valence-electron chi connectivity index (χ3n) is 6.01. The van der Waals surface area contributed by atoms with Gasteiger partial charge in [-0.15, -0.1) is 5.10 Å². The van der Waals surface area contributed by atoms with Gasteiger partial charge in [0.05, 0.1) is 23.0 Å². The first kappa shape index (κ1) is 20.2. The Morgan fingerprint density at radius 3 is 2.63 bits per heavy atom. The maximum absolute atomic E-state index is 9.21. The van der Waals surface area contributed by atoms with E-state index < -0.39 is 0 Å². The van der Waals surface area contributed by atoms with Crippen molar-refractivity contribution in [1.29, 1.82) is 5.41 Å². The number of thiazole rings is 1. The Hall–Kier alpha value is -4.15. The van der Waals surface area contributed by atoms with Crippen LogP contribution < -0.4 is 16.0 Å². The molecule has 1 aliphatic rings. The van der Waals surface area contributed by atoms with Gasteiger partial charge in [0.15, 0.2) is 5.65 Å². The van der Waals surface area contributed by atoms with Crippen LogP contribution in [0.1, 0.15) is 0 Å². The third-order valence-corrected chi connectivity index (χ3v) is 8.14. The van der Waals surface area contributed by atoms with Crippen molar-refractivity contribution in [3.63, 3.8) is 0 Å². The van der Waals surface area contributed by atoms with Gasteiger partial charge in [0.25, 0.3) is 0 Å². The lowest BCUT2D eigenvalue weighted by Crippen LogP contribution is -2.22. The topological polar surface area (TPSA) is 108 Å². The zero-order valence-electron chi connectivity index (χ0n) is 18.4. The van der Waals surface area contributed by atoms with Crippen LogP contribution in [0, 0.1) is 5.41 Å². The molecule has 170 valence electrons. The first-order valence-electron chi connectivity index (χ1n) is 10.8. The quantitative estimate of drug-likeness (QED) is 0.349. The van der Waals surface area contributed by atoms with Gasteiger partial charge in [-0.2, -0.15) is 4.68 Å². The Labute approximate surface area is 207 Å². The van der Waals surface area contributed by atoms with Crippen molar-refractivity contribution < 1.29 is 4.74 Å². The number of aromatic nitrogens is 5. The van der Waals surface area contributed by atoms with Gasteiger partial charge in [-0.05, 0) is 36.4 Å². The van der Waals surface area contributed by atoms with E-state index in [0.29, 0.717) is 27.8 Å². The van der Waals surface area contributed by atoms with Gasteiger partial charge in [0, 0.05) is 15.4 Å². The smallest absolute Gasteiger partial charge is 0.213 e. The number of anilines is 1. The number of nitrogens with one attached hydrogen (secondary N) is 1.